The van der Waals surface area contributed by atoms with Crippen LogP contribution in [0.5, 0.6) is 0 Å². The van der Waals surface area contributed by atoms with Crippen molar-refractivity contribution in [3.05, 3.63) is 27.7 Å². The Bertz CT molecular complexity index is 450. The zero-order chi connectivity index (χ0) is 13.3. The Morgan fingerprint density at radius 3 is 2.22 bits per heavy atom. The van der Waals surface area contributed by atoms with Crippen LogP contribution in [0.2, 0.25) is 10.0 Å². The normalized spacial score (nSPS) is 16.9. The van der Waals surface area contributed by atoms with Crippen molar-refractivity contribution in [1.29, 1.82) is 0 Å². The number of hydrogen-bond donors (Lipinski definition) is 2. The van der Waals surface area contributed by atoms with Gasteiger partial charge in [-0.2, -0.15) is 0 Å². The molecule has 2 rings (SSSR count). The van der Waals surface area contributed by atoms with E-state index in [1.54, 1.807) is 12.1 Å². The quantitative estimate of drug-likeness (QED) is 0.897. The first-order valence-corrected chi connectivity index (χ1v) is 6.48. The maximum absolute atomic E-state index is 10.8. The molecular weight excluding hydrogens is 275 g/mol. The maximum atomic E-state index is 10.8. The van der Waals surface area contributed by atoms with E-state index in [1.807, 2.05) is 0 Å². The number of hydrogen-bond acceptors (Lipinski definition) is 3. The van der Waals surface area contributed by atoms with Crippen LogP contribution in [-0.4, -0.2) is 24.2 Å². The molecule has 1 aliphatic heterocycles. The van der Waals surface area contributed by atoms with Gasteiger partial charge in [0, 0.05) is 13.1 Å². The second-order valence-electron chi connectivity index (χ2n) is 4.34. The summed E-state index contributed by atoms with van der Waals surface area (Å²) in [6, 6.07) is 2.06. The highest BCUT2D eigenvalue weighted by molar-refractivity contribution is 6.39. The van der Waals surface area contributed by atoms with Gasteiger partial charge in [0.1, 0.15) is 6.04 Å². The van der Waals surface area contributed by atoms with Crippen molar-refractivity contribution in [1.82, 2.24) is 0 Å². The van der Waals surface area contributed by atoms with Crippen molar-refractivity contribution in [2.24, 2.45) is 5.73 Å². The minimum absolute atomic E-state index is 0.417. The lowest BCUT2D eigenvalue weighted by atomic mass is 10.1. The molecule has 4 nitrogen and oxygen atoms in total. The minimum Gasteiger partial charge on any atom is -0.480 e. The van der Waals surface area contributed by atoms with Gasteiger partial charge < -0.3 is 15.7 Å². The van der Waals surface area contributed by atoms with Crippen molar-refractivity contribution < 1.29 is 9.90 Å². The van der Waals surface area contributed by atoms with Gasteiger partial charge in [-0.15, -0.1) is 0 Å². The van der Waals surface area contributed by atoms with Crippen molar-refractivity contribution in [3.63, 3.8) is 0 Å². The lowest BCUT2D eigenvalue weighted by Gasteiger charge is -2.22. The first kappa shape index (κ1) is 13.5. The van der Waals surface area contributed by atoms with E-state index in [9.17, 15) is 4.79 Å². The highest BCUT2D eigenvalue weighted by Gasteiger charge is 2.22. The largest absolute Gasteiger partial charge is 0.480 e. The summed E-state index contributed by atoms with van der Waals surface area (Å²) >= 11 is 12.4. The number of aliphatic carboxylic acids is 1. The van der Waals surface area contributed by atoms with E-state index >= 15 is 0 Å². The smallest absolute Gasteiger partial charge is 0.325 e. The van der Waals surface area contributed by atoms with Gasteiger partial charge in [0.2, 0.25) is 0 Å². The van der Waals surface area contributed by atoms with Gasteiger partial charge in [-0.05, 0) is 30.5 Å². The Morgan fingerprint density at radius 2 is 1.78 bits per heavy atom. The molecule has 98 valence electrons. The lowest BCUT2D eigenvalue weighted by molar-refractivity contribution is -0.138. The minimum atomic E-state index is -1.10. The van der Waals surface area contributed by atoms with Gasteiger partial charge in [0.15, 0.2) is 0 Å². The zero-order valence-electron chi connectivity index (χ0n) is 9.70. The van der Waals surface area contributed by atoms with E-state index in [0.717, 1.165) is 31.6 Å². The lowest BCUT2D eigenvalue weighted by Crippen LogP contribution is -2.22. The van der Waals surface area contributed by atoms with Crippen LogP contribution < -0.4 is 10.6 Å². The van der Waals surface area contributed by atoms with Crippen LogP contribution in [0.4, 0.5) is 5.69 Å². The van der Waals surface area contributed by atoms with Gasteiger partial charge in [-0.3, -0.25) is 4.79 Å². The number of anilines is 1. The van der Waals surface area contributed by atoms with Gasteiger partial charge in [-0.25, -0.2) is 0 Å². The van der Waals surface area contributed by atoms with Gasteiger partial charge in [0.05, 0.1) is 15.7 Å². The fraction of sp³-hybridized carbons (Fsp3) is 0.417. The Balaban J connectivity index is 2.37. The Morgan fingerprint density at radius 1 is 1.28 bits per heavy atom. The fourth-order valence-corrected chi connectivity index (χ4v) is 2.89. The molecule has 1 aliphatic rings. The summed E-state index contributed by atoms with van der Waals surface area (Å²) in [4.78, 5) is 13.0. The monoisotopic (exact) mass is 288 g/mol. The van der Waals surface area contributed by atoms with Crippen LogP contribution >= 0.6 is 23.2 Å². The summed E-state index contributed by atoms with van der Waals surface area (Å²) in [7, 11) is 0. The molecule has 0 spiro atoms. The number of benzene rings is 1. The van der Waals surface area contributed by atoms with E-state index in [0.29, 0.717) is 15.6 Å². The van der Waals surface area contributed by atoms with Crippen LogP contribution in [-0.2, 0) is 4.79 Å². The molecule has 0 bridgehead atoms. The Hall–Kier alpha value is -0.970. The summed E-state index contributed by atoms with van der Waals surface area (Å²) in [5, 5.41) is 9.79. The van der Waals surface area contributed by atoms with E-state index < -0.39 is 12.0 Å². The summed E-state index contributed by atoms with van der Waals surface area (Å²) in [6.07, 6.45) is 2.23. The second kappa shape index (κ2) is 5.34. The fourth-order valence-electron chi connectivity index (χ4n) is 2.15. The van der Waals surface area contributed by atoms with Crippen molar-refractivity contribution >= 4 is 34.9 Å². The second-order valence-corrected chi connectivity index (χ2v) is 5.16. The highest BCUT2D eigenvalue weighted by atomic mass is 35.5. The average Bonchev–Trinajstić information content (AvgIpc) is 2.80. The van der Waals surface area contributed by atoms with E-state index in [-0.39, 0.29) is 0 Å². The van der Waals surface area contributed by atoms with Gasteiger partial charge >= 0.3 is 5.97 Å². The van der Waals surface area contributed by atoms with Crippen LogP contribution in [0, 0.1) is 0 Å². The molecule has 0 aromatic heterocycles. The molecule has 0 amide bonds. The number of nitrogens with zero attached hydrogens (tertiary/aromatic N) is 1. The van der Waals surface area contributed by atoms with Gasteiger partial charge in [0.25, 0.3) is 0 Å². The summed E-state index contributed by atoms with van der Waals surface area (Å²) in [5.41, 5.74) is 6.74. The molecule has 1 heterocycles. The number of carboxylic acids is 1. The third-order valence-electron chi connectivity index (χ3n) is 3.09. The van der Waals surface area contributed by atoms with Crippen LogP contribution in [0.1, 0.15) is 24.4 Å². The van der Waals surface area contributed by atoms with Crippen LogP contribution in [0.15, 0.2) is 12.1 Å². The molecule has 6 heteroatoms. The molecule has 3 N–H and O–H groups in total. The van der Waals surface area contributed by atoms with Gasteiger partial charge in [-0.1, -0.05) is 23.2 Å². The number of halogens is 2. The number of carboxylic acid groups (broad SMARTS) is 1. The molecule has 1 aromatic rings. The van der Waals surface area contributed by atoms with Crippen LogP contribution in [0.25, 0.3) is 0 Å². The summed E-state index contributed by atoms with van der Waals surface area (Å²) in [6.45, 7) is 1.84. The summed E-state index contributed by atoms with van der Waals surface area (Å²) in [5.74, 6) is -1.10. The van der Waals surface area contributed by atoms with Crippen molar-refractivity contribution in [3.8, 4) is 0 Å². The molecule has 0 aliphatic carbocycles. The van der Waals surface area contributed by atoms with E-state index in [4.69, 9.17) is 34.0 Å². The molecule has 0 unspecified atom stereocenters. The highest BCUT2D eigenvalue weighted by Crippen LogP contribution is 2.37. The number of carbonyl (C=O) groups is 1. The SMILES string of the molecule is N[C@H](C(=O)O)c1cc(Cl)c(N2CCCC2)c(Cl)c1. The average molecular weight is 289 g/mol. The first-order valence-electron chi connectivity index (χ1n) is 5.73. The molecule has 1 aromatic carbocycles. The predicted octanol–water partition coefficient (Wildman–Crippen LogP) is 2.68. The standard InChI is InChI=1S/C12H14Cl2N2O2/c13-8-5-7(10(15)12(17)18)6-9(14)11(8)16-3-1-2-4-16/h5-6,10H,1-4,15H2,(H,17,18)/t10-/m0/s1. The maximum Gasteiger partial charge on any atom is 0.325 e. The van der Waals surface area contributed by atoms with E-state index in [1.165, 1.54) is 0 Å². The molecule has 1 atom stereocenters. The number of nitrogens with two attached hydrogens (primary N) is 1. The third kappa shape index (κ3) is 2.55. The zero-order valence-corrected chi connectivity index (χ0v) is 11.2. The van der Waals surface area contributed by atoms with Crippen molar-refractivity contribution in [2.75, 3.05) is 18.0 Å². The number of rotatable bonds is 3. The molecule has 1 saturated heterocycles. The topological polar surface area (TPSA) is 66.6 Å². The van der Waals surface area contributed by atoms with Crippen molar-refractivity contribution in [2.45, 2.75) is 18.9 Å². The third-order valence-corrected chi connectivity index (χ3v) is 3.66. The molecule has 1 fully saturated rings. The first-order chi connectivity index (χ1) is 8.50. The molecule has 0 radical (unpaired) electrons. The Labute approximate surface area is 115 Å². The van der Waals surface area contributed by atoms with Crippen LogP contribution in [0.3, 0.4) is 0 Å². The van der Waals surface area contributed by atoms with E-state index in [2.05, 4.69) is 4.90 Å². The Kier molecular flexibility index (Phi) is 4.00. The molecular formula is C12H14Cl2N2O2. The molecule has 0 saturated carbocycles. The predicted molar refractivity (Wildman–Crippen MR) is 72.5 cm³/mol. The summed E-state index contributed by atoms with van der Waals surface area (Å²) < 4.78 is 0. The molecule has 18 heavy (non-hydrogen) atoms.